The van der Waals surface area contributed by atoms with E-state index in [4.69, 9.17) is 4.74 Å². The molecule has 1 aromatic carbocycles. The molecule has 2 nitrogen and oxygen atoms in total. The van der Waals surface area contributed by atoms with Gasteiger partial charge in [-0.3, -0.25) is 0 Å². The highest BCUT2D eigenvalue weighted by Gasteiger charge is 1.96. The summed E-state index contributed by atoms with van der Waals surface area (Å²) in [6, 6.07) is 8.19. The predicted octanol–water partition coefficient (Wildman–Crippen LogP) is 3.23. The Bertz CT molecular complexity index is 271. The Kier molecular flexibility index (Phi) is 5.86. The van der Waals surface area contributed by atoms with E-state index < -0.39 is 0 Å². The number of ether oxygens (including phenoxy) is 1. The molecule has 1 aromatic rings. The van der Waals surface area contributed by atoms with Crippen LogP contribution < -0.4 is 4.74 Å². The van der Waals surface area contributed by atoms with Gasteiger partial charge in [0.15, 0.2) is 0 Å². The van der Waals surface area contributed by atoms with Crippen molar-refractivity contribution in [2.75, 3.05) is 13.2 Å². The molecule has 15 heavy (non-hydrogen) atoms. The van der Waals surface area contributed by atoms with Gasteiger partial charge in [-0.05, 0) is 43.9 Å². The van der Waals surface area contributed by atoms with Crippen LogP contribution in [0.25, 0.3) is 0 Å². The molecular formula is C13H19O2. The molecule has 0 fully saturated rings. The SMILES string of the molecule is CCOc1cccc(CCCCC[O])c1. The first-order valence-electron chi connectivity index (χ1n) is 5.66. The molecule has 1 radical (unpaired) electrons. The van der Waals surface area contributed by atoms with Gasteiger partial charge in [0.05, 0.1) is 13.2 Å². The van der Waals surface area contributed by atoms with Gasteiger partial charge in [-0.25, -0.2) is 5.11 Å². The van der Waals surface area contributed by atoms with Crippen LogP contribution >= 0.6 is 0 Å². The molecular weight excluding hydrogens is 188 g/mol. The van der Waals surface area contributed by atoms with Gasteiger partial charge in [-0.15, -0.1) is 0 Å². The Morgan fingerprint density at radius 1 is 1.20 bits per heavy atom. The first-order valence-corrected chi connectivity index (χ1v) is 5.66. The van der Waals surface area contributed by atoms with Crippen molar-refractivity contribution in [3.63, 3.8) is 0 Å². The minimum Gasteiger partial charge on any atom is -0.494 e. The molecule has 0 bridgehead atoms. The summed E-state index contributed by atoms with van der Waals surface area (Å²) in [5, 5.41) is 10.3. The molecule has 0 heterocycles. The molecule has 0 spiro atoms. The van der Waals surface area contributed by atoms with Crippen molar-refractivity contribution in [1.82, 2.24) is 0 Å². The Morgan fingerprint density at radius 2 is 2.07 bits per heavy atom. The van der Waals surface area contributed by atoms with Crippen molar-refractivity contribution in [2.45, 2.75) is 32.6 Å². The Balaban J connectivity index is 2.36. The third-order valence-electron chi connectivity index (χ3n) is 2.32. The fourth-order valence-electron chi connectivity index (χ4n) is 1.57. The van der Waals surface area contributed by atoms with E-state index in [2.05, 4.69) is 12.1 Å². The monoisotopic (exact) mass is 207 g/mol. The van der Waals surface area contributed by atoms with Crippen molar-refractivity contribution in [3.8, 4) is 5.75 Å². The van der Waals surface area contributed by atoms with Crippen LogP contribution in [-0.4, -0.2) is 13.2 Å². The van der Waals surface area contributed by atoms with E-state index in [0.29, 0.717) is 6.61 Å². The van der Waals surface area contributed by atoms with Gasteiger partial charge in [0.25, 0.3) is 0 Å². The van der Waals surface area contributed by atoms with Crippen LogP contribution in [0.5, 0.6) is 5.75 Å². The normalized spacial score (nSPS) is 10.3. The maximum absolute atomic E-state index is 10.3. The molecule has 0 saturated carbocycles. The van der Waals surface area contributed by atoms with Crippen molar-refractivity contribution in [3.05, 3.63) is 29.8 Å². The van der Waals surface area contributed by atoms with E-state index in [-0.39, 0.29) is 6.61 Å². The number of rotatable bonds is 7. The first kappa shape index (κ1) is 12.1. The van der Waals surface area contributed by atoms with E-state index in [0.717, 1.165) is 31.4 Å². The molecule has 0 aliphatic heterocycles. The van der Waals surface area contributed by atoms with Gasteiger partial charge < -0.3 is 4.74 Å². The standard InChI is InChI=1S/C13H19O2/c1-2-15-13-9-6-8-12(11-13)7-4-3-5-10-14/h6,8-9,11H,2-5,7,10H2,1H3. The summed E-state index contributed by atoms with van der Waals surface area (Å²) >= 11 is 0. The van der Waals surface area contributed by atoms with Crippen LogP contribution in [0.1, 0.15) is 31.7 Å². The Hall–Kier alpha value is -1.02. The molecule has 0 atom stereocenters. The Labute approximate surface area is 91.9 Å². The van der Waals surface area contributed by atoms with E-state index in [1.807, 2.05) is 19.1 Å². The molecule has 0 aromatic heterocycles. The second kappa shape index (κ2) is 7.30. The van der Waals surface area contributed by atoms with Gasteiger partial charge in [-0.2, -0.15) is 0 Å². The summed E-state index contributed by atoms with van der Waals surface area (Å²) in [5.74, 6) is 0.943. The van der Waals surface area contributed by atoms with Gasteiger partial charge in [0.1, 0.15) is 5.75 Å². The van der Waals surface area contributed by atoms with Crippen LogP contribution in [-0.2, 0) is 11.5 Å². The quantitative estimate of drug-likeness (QED) is 0.631. The lowest BCUT2D eigenvalue weighted by atomic mass is 10.1. The van der Waals surface area contributed by atoms with E-state index in [9.17, 15) is 5.11 Å². The largest absolute Gasteiger partial charge is 0.494 e. The summed E-state index contributed by atoms with van der Waals surface area (Å²) in [6.07, 6.45) is 3.96. The summed E-state index contributed by atoms with van der Waals surface area (Å²) in [4.78, 5) is 0. The van der Waals surface area contributed by atoms with Crippen LogP contribution in [0.4, 0.5) is 0 Å². The van der Waals surface area contributed by atoms with Gasteiger partial charge >= 0.3 is 0 Å². The number of unbranched alkanes of at least 4 members (excludes halogenated alkanes) is 2. The van der Waals surface area contributed by atoms with Crippen molar-refractivity contribution in [2.24, 2.45) is 0 Å². The maximum atomic E-state index is 10.3. The smallest absolute Gasteiger partial charge is 0.119 e. The van der Waals surface area contributed by atoms with Gasteiger partial charge in [0, 0.05) is 0 Å². The van der Waals surface area contributed by atoms with Crippen molar-refractivity contribution in [1.29, 1.82) is 0 Å². The average molecular weight is 207 g/mol. The highest BCUT2D eigenvalue weighted by atomic mass is 16.5. The van der Waals surface area contributed by atoms with Crippen LogP contribution in [0.15, 0.2) is 24.3 Å². The lowest BCUT2D eigenvalue weighted by molar-refractivity contribution is 0.186. The third kappa shape index (κ3) is 4.84. The summed E-state index contributed by atoms with van der Waals surface area (Å²) < 4.78 is 5.42. The highest BCUT2D eigenvalue weighted by Crippen LogP contribution is 2.15. The third-order valence-corrected chi connectivity index (χ3v) is 2.32. The molecule has 2 heteroatoms. The topological polar surface area (TPSA) is 29.1 Å². The zero-order valence-corrected chi connectivity index (χ0v) is 9.37. The fraction of sp³-hybridized carbons (Fsp3) is 0.538. The van der Waals surface area contributed by atoms with E-state index >= 15 is 0 Å². The highest BCUT2D eigenvalue weighted by molar-refractivity contribution is 5.28. The summed E-state index contributed by atoms with van der Waals surface area (Å²) in [7, 11) is 0. The van der Waals surface area contributed by atoms with Crippen LogP contribution in [0, 0.1) is 0 Å². The number of aryl methyl sites for hydroxylation is 1. The molecule has 1 rings (SSSR count). The van der Waals surface area contributed by atoms with Crippen molar-refractivity contribution >= 4 is 0 Å². The van der Waals surface area contributed by atoms with Crippen molar-refractivity contribution < 1.29 is 9.84 Å². The molecule has 0 aliphatic carbocycles. The summed E-state index contributed by atoms with van der Waals surface area (Å²) in [5.41, 5.74) is 1.30. The molecule has 0 aliphatic rings. The molecule has 0 N–H and O–H groups in total. The molecule has 0 amide bonds. The van der Waals surface area contributed by atoms with E-state index in [1.54, 1.807) is 0 Å². The fourth-order valence-corrected chi connectivity index (χ4v) is 1.57. The number of benzene rings is 1. The predicted molar refractivity (Wildman–Crippen MR) is 60.7 cm³/mol. The summed E-state index contributed by atoms with van der Waals surface area (Å²) in [6.45, 7) is 2.75. The van der Waals surface area contributed by atoms with Gasteiger partial charge in [-0.1, -0.05) is 18.6 Å². The first-order chi connectivity index (χ1) is 7.36. The lowest BCUT2D eigenvalue weighted by Crippen LogP contribution is -1.93. The average Bonchev–Trinajstić information content (AvgIpc) is 2.26. The molecule has 0 unspecified atom stereocenters. The Morgan fingerprint density at radius 3 is 2.80 bits per heavy atom. The minimum atomic E-state index is 0.0545. The second-order valence-electron chi connectivity index (χ2n) is 3.60. The zero-order chi connectivity index (χ0) is 10.9. The molecule has 0 saturated heterocycles. The minimum absolute atomic E-state index is 0.0545. The number of hydrogen-bond acceptors (Lipinski definition) is 1. The van der Waals surface area contributed by atoms with Gasteiger partial charge in [0.2, 0.25) is 0 Å². The molecule has 83 valence electrons. The maximum Gasteiger partial charge on any atom is 0.119 e. The zero-order valence-electron chi connectivity index (χ0n) is 9.37. The van der Waals surface area contributed by atoms with E-state index in [1.165, 1.54) is 5.56 Å². The second-order valence-corrected chi connectivity index (χ2v) is 3.60. The lowest BCUT2D eigenvalue weighted by Gasteiger charge is -2.05. The number of hydrogen-bond donors (Lipinski definition) is 0. The van der Waals surface area contributed by atoms with Crippen LogP contribution in [0.2, 0.25) is 0 Å². The van der Waals surface area contributed by atoms with Crippen LogP contribution in [0.3, 0.4) is 0 Å².